The van der Waals surface area contributed by atoms with E-state index in [4.69, 9.17) is 4.74 Å². The molecule has 0 aliphatic heterocycles. The Morgan fingerprint density at radius 1 is 1.43 bits per heavy atom. The minimum absolute atomic E-state index is 0.118. The van der Waals surface area contributed by atoms with Crippen LogP contribution in [0.3, 0.4) is 0 Å². The number of allylic oxidation sites excluding steroid dienone is 1. The molecule has 0 bridgehead atoms. The molecule has 0 rings (SSSR count). The molecule has 0 aromatic heterocycles. The second-order valence-electron chi connectivity index (χ2n) is 2.48. The summed E-state index contributed by atoms with van der Waals surface area (Å²) in [4.78, 5) is 11.5. The third-order valence-corrected chi connectivity index (χ3v) is 5.57. The lowest BCUT2D eigenvalue weighted by Crippen LogP contribution is -2.12. The van der Waals surface area contributed by atoms with Crippen molar-refractivity contribution < 1.29 is 9.53 Å². The number of alkyl halides is 4. The average molecular weight is 458 g/mol. The Bertz CT molecular complexity index is 206. The number of rotatable bonds is 5. The number of halogens is 4. The van der Waals surface area contributed by atoms with Gasteiger partial charge in [0.25, 0.3) is 0 Å². The van der Waals surface area contributed by atoms with E-state index in [0.29, 0.717) is 5.33 Å². The standard InChI is InChI=1S/C8H10Br4O2/c1-5(10)6(11)2-3-8(13)14-7(12)4-9/h2-3,5-7H,4H2,1H3. The molecule has 0 aromatic rings. The predicted molar refractivity (Wildman–Crippen MR) is 72.8 cm³/mol. The number of esters is 1. The van der Waals surface area contributed by atoms with Crippen molar-refractivity contribution in [3.63, 3.8) is 0 Å². The number of carbonyl (C=O) groups is 1. The summed E-state index contributed by atoms with van der Waals surface area (Å²) >= 11 is 13.1. The SMILES string of the molecule is CC(Br)C(Br)C=CC(=O)OC(Br)CBr. The van der Waals surface area contributed by atoms with Crippen LogP contribution in [0, 0.1) is 0 Å². The second-order valence-corrected chi connectivity index (χ2v) is 6.65. The van der Waals surface area contributed by atoms with Gasteiger partial charge in [-0.2, -0.15) is 0 Å². The van der Waals surface area contributed by atoms with Crippen LogP contribution in [0.15, 0.2) is 12.2 Å². The predicted octanol–water partition coefficient (Wildman–Crippen LogP) is 3.75. The van der Waals surface area contributed by atoms with E-state index in [1.165, 1.54) is 6.08 Å². The molecule has 0 heterocycles. The van der Waals surface area contributed by atoms with Gasteiger partial charge in [-0.1, -0.05) is 60.8 Å². The highest BCUT2D eigenvalue weighted by molar-refractivity contribution is 9.12. The van der Waals surface area contributed by atoms with Crippen molar-refractivity contribution in [1.29, 1.82) is 0 Å². The summed E-state index contributed by atoms with van der Waals surface area (Å²) in [6.45, 7) is 1.99. The maximum Gasteiger partial charge on any atom is 0.331 e. The van der Waals surface area contributed by atoms with Crippen molar-refractivity contribution in [1.82, 2.24) is 0 Å². The maximum absolute atomic E-state index is 11.1. The smallest absolute Gasteiger partial charge is 0.331 e. The lowest BCUT2D eigenvalue weighted by atomic mass is 10.3. The first-order valence-electron chi connectivity index (χ1n) is 3.84. The molecule has 0 fully saturated rings. The molecular formula is C8H10Br4O2. The Kier molecular flexibility index (Phi) is 8.97. The molecule has 0 aliphatic carbocycles. The number of hydrogen-bond donors (Lipinski definition) is 0. The fraction of sp³-hybridized carbons (Fsp3) is 0.625. The highest BCUT2D eigenvalue weighted by atomic mass is 79.9. The van der Waals surface area contributed by atoms with Gasteiger partial charge in [0, 0.05) is 15.7 Å². The summed E-state index contributed by atoms with van der Waals surface area (Å²) in [5.74, 6) is -0.357. The average Bonchev–Trinajstić information content (AvgIpc) is 2.13. The second kappa shape index (κ2) is 8.30. The van der Waals surface area contributed by atoms with Crippen LogP contribution in [-0.2, 0) is 9.53 Å². The number of hydrogen-bond acceptors (Lipinski definition) is 2. The Hall–Kier alpha value is 1.13. The van der Waals surface area contributed by atoms with Crippen LogP contribution in [0.5, 0.6) is 0 Å². The summed E-state index contributed by atoms with van der Waals surface area (Å²) in [6, 6.07) is 0. The summed E-state index contributed by atoms with van der Waals surface area (Å²) < 4.78 is 4.94. The maximum atomic E-state index is 11.1. The van der Waals surface area contributed by atoms with Crippen LogP contribution in [0.25, 0.3) is 0 Å². The third kappa shape index (κ3) is 7.43. The minimum Gasteiger partial charge on any atom is -0.447 e. The third-order valence-electron chi connectivity index (χ3n) is 1.22. The van der Waals surface area contributed by atoms with Crippen LogP contribution in [0.1, 0.15) is 6.92 Å². The molecule has 6 heteroatoms. The van der Waals surface area contributed by atoms with E-state index in [1.54, 1.807) is 6.08 Å². The van der Waals surface area contributed by atoms with Gasteiger partial charge in [0.2, 0.25) is 0 Å². The highest BCUT2D eigenvalue weighted by Crippen LogP contribution is 2.15. The van der Waals surface area contributed by atoms with Crippen molar-refractivity contribution in [2.45, 2.75) is 21.6 Å². The topological polar surface area (TPSA) is 26.3 Å². The van der Waals surface area contributed by atoms with Crippen molar-refractivity contribution in [2.24, 2.45) is 0 Å². The monoisotopic (exact) mass is 454 g/mol. The fourth-order valence-corrected chi connectivity index (χ4v) is 1.17. The van der Waals surface area contributed by atoms with Crippen LogP contribution in [0.2, 0.25) is 0 Å². The Morgan fingerprint density at radius 3 is 2.43 bits per heavy atom. The van der Waals surface area contributed by atoms with Gasteiger partial charge in [-0.05, 0) is 15.9 Å². The molecule has 0 aromatic carbocycles. The Labute approximate surface area is 117 Å². The van der Waals surface area contributed by atoms with Crippen molar-refractivity contribution >= 4 is 69.7 Å². The molecule has 0 N–H and O–H groups in total. The summed E-state index contributed by atoms with van der Waals surface area (Å²) in [5.41, 5.74) is 0. The number of carbonyl (C=O) groups excluding carboxylic acids is 1. The molecule has 14 heavy (non-hydrogen) atoms. The van der Waals surface area contributed by atoms with Gasteiger partial charge in [0.05, 0.1) is 5.33 Å². The molecule has 0 radical (unpaired) electrons. The Balaban J connectivity index is 3.93. The van der Waals surface area contributed by atoms with Crippen LogP contribution < -0.4 is 0 Å². The zero-order chi connectivity index (χ0) is 11.1. The van der Waals surface area contributed by atoms with Gasteiger partial charge in [-0.25, -0.2) is 4.79 Å². The molecule has 3 atom stereocenters. The van der Waals surface area contributed by atoms with E-state index in [1.807, 2.05) is 6.92 Å². The van der Waals surface area contributed by atoms with Crippen molar-refractivity contribution in [3.05, 3.63) is 12.2 Å². The molecule has 0 aliphatic rings. The van der Waals surface area contributed by atoms with Gasteiger partial charge < -0.3 is 4.74 Å². The van der Waals surface area contributed by atoms with E-state index in [-0.39, 0.29) is 20.6 Å². The largest absolute Gasteiger partial charge is 0.447 e. The Morgan fingerprint density at radius 2 is 2.00 bits per heavy atom. The zero-order valence-electron chi connectivity index (χ0n) is 7.42. The van der Waals surface area contributed by atoms with Gasteiger partial charge in [0.15, 0.2) is 5.01 Å². The molecule has 0 saturated carbocycles. The molecule has 3 unspecified atom stereocenters. The van der Waals surface area contributed by atoms with Gasteiger partial charge in [0.1, 0.15) is 0 Å². The highest BCUT2D eigenvalue weighted by Gasteiger charge is 2.09. The molecule has 0 amide bonds. The summed E-state index contributed by atoms with van der Waals surface area (Å²) in [7, 11) is 0. The molecule has 0 saturated heterocycles. The molecule has 82 valence electrons. The normalized spacial score (nSPS) is 17.8. The first-order valence-corrected chi connectivity index (χ1v) is 7.71. The first kappa shape index (κ1) is 15.1. The van der Waals surface area contributed by atoms with Gasteiger partial charge in [-0.15, -0.1) is 0 Å². The van der Waals surface area contributed by atoms with Gasteiger partial charge >= 0.3 is 5.97 Å². The van der Waals surface area contributed by atoms with Crippen LogP contribution >= 0.6 is 63.7 Å². The van der Waals surface area contributed by atoms with Crippen molar-refractivity contribution in [3.8, 4) is 0 Å². The lowest BCUT2D eigenvalue weighted by molar-refractivity contribution is -0.138. The molecule has 2 nitrogen and oxygen atoms in total. The molecular weight excluding hydrogens is 448 g/mol. The molecule has 0 spiro atoms. The van der Waals surface area contributed by atoms with E-state index >= 15 is 0 Å². The lowest BCUT2D eigenvalue weighted by Gasteiger charge is -2.07. The zero-order valence-corrected chi connectivity index (χ0v) is 13.8. The van der Waals surface area contributed by atoms with E-state index in [9.17, 15) is 4.79 Å². The quantitative estimate of drug-likeness (QED) is 0.357. The van der Waals surface area contributed by atoms with Crippen molar-refractivity contribution in [2.75, 3.05) is 5.33 Å². The van der Waals surface area contributed by atoms with Gasteiger partial charge in [-0.3, -0.25) is 0 Å². The number of ether oxygens (including phenoxy) is 1. The minimum atomic E-state index is -0.357. The summed E-state index contributed by atoms with van der Waals surface area (Å²) in [5, 5.41) is 0.286. The fourth-order valence-electron chi connectivity index (χ4n) is 0.520. The first-order chi connectivity index (χ1) is 6.47. The van der Waals surface area contributed by atoms with E-state index < -0.39 is 0 Å². The summed E-state index contributed by atoms with van der Waals surface area (Å²) in [6.07, 6.45) is 3.16. The van der Waals surface area contributed by atoms with E-state index in [2.05, 4.69) is 63.7 Å². The van der Waals surface area contributed by atoms with Crippen LogP contribution in [-0.4, -0.2) is 26.0 Å². The van der Waals surface area contributed by atoms with E-state index in [0.717, 1.165) is 0 Å². The van der Waals surface area contributed by atoms with Crippen LogP contribution in [0.4, 0.5) is 0 Å².